The molecule has 0 amide bonds. The fraction of sp³-hybridized carbons (Fsp3) is 0.167. The van der Waals surface area contributed by atoms with Gasteiger partial charge in [0.15, 0.2) is 0 Å². The molecule has 0 fully saturated rings. The number of aromatic nitrogens is 6. The molecule has 14 nitrogen and oxygen atoms in total. The molecule has 0 saturated carbocycles. The third-order valence-corrected chi connectivity index (χ3v) is 11.7. The van der Waals surface area contributed by atoms with E-state index in [0.717, 1.165) is 51.2 Å². The van der Waals surface area contributed by atoms with Crippen molar-refractivity contribution < 1.29 is 25.6 Å². The highest BCUT2D eigenvalue weighted by molar-refractivity contribution is 7.86. The van der Waals surface area contributed by atoms with E-state index in [2.05, 4.69) is 53.0 Å². The van der Waals surface area contributed by atoms with Gasteiger partial charge in [0.05, 0.1) is 24.2 Å². The van der Waals surface area contributed by atoms with E-state index in [0.29, 0.717) is 27.8 Å². The van der Waals surface area contributed by atoms with Crippen LogP contribution in [-0.4, -0.2) is 65.5 Å². The number of hydrogen-bond acceptors (Lipinski definition) is 11. The van der Waals surface area contributed by atoms with Crippen LogP contribution in [0.25, 0.3) is 67.1 Å². The predicted molar refractivity (Wildman–Crippen MR) is 255 cm³/mol. The monoisotopic (exact) mass is 896 g/mol. The lowest BCUT2D eigenvalue weighted by Crippen LogP contribution is -2.06. The number of fused-ring (bicyclic) bond motifs is 6. The first kappa shape index (κ1) is 46.5. The van der Waals surface area contributed by atoms with Crippen LogP contribution in [0.3, 0.4) is 0 Å². The minimum absolute atomic E-state index is 0.0103. The predicted octanol–water partition coefficient (Wildman–Crippen LogP) is 11.1. The Labute approximate surface area is 372 Å². The van der Waals surface area contributed by atoms with E-state index in [1.807, 2.05) is 107 Å². The Morgan fingerprint density at radius 2 is 1.14 bits per heavy atom. The molecule has 0 radical (unpaired) electrons. The second-order valence-electron chi connectivity index (χ2n) is 13.7. The van der Waals surface area contributed by atoms with Gasteiger partial charge in [-0.2, -0.15) is 36.7 Å². The van der Waals surface area contributed by atoms with Crippen molar-refractivity contribution in [2.24, 2.45) is 10.2 Å². The van der Waals surface area contributed by atoms with Gasteiger partial charge in [-0.25, -0.2) is 0 Å². The summed E-state index contributed by atoms with van der Waals surface area (Å²) >= 11 is 0. The number of benzene rings is 7. The van der Waals surface area contributed by atoms with Gasteiger partial charge >= 0.3 is 0 Å². The molecule has 0 atom stereocenters. The number of nitrogens with zero attached hydrogens (tertiary/aromatic N) is 8. The smallest absolute Gasteiger partial charge is 0.285 e. The van der Waals surface area contributed by atoms with Gasteiger partial charge in [0.2, 0.25) is 0 Å². The first-order chi connectivity index (χ1) is 30.9. The van der Waals surface area contributed by atoms with Crippen LogP contribution in [0.15, 0.2) is 149 Å². The molecule has 0 spiro atoms. The van der Waals surface area contributed by atoms with Crippen LogP contribution < -0.4 is 0 Å². The molecule has 64 heavy (non-hydrogen) atoms. The zero-order valence-electron chi connectivity index (χ0n) is 36.4. The Morgan fingerprint density at radius 3 is 1.69 bits per heavy atom. The van der Waals surface area contributed by atoms with Gasteiger partial charge in [-0.3, -0.25) is 8.74 Å². The summed E-state index contributed by atoms with van der Waals surface area (Å²) in [5.74, 6) is -0.651. The van der Waals surface area contributed by atoms with Crippen molar-refractivity contribution in [2.45, 2.75) is 45.3 Å². The van der Waals surface area contributed by atoms with Crippen molar-refractivity contribution in [1.29, 1.82) is 0 Å². The van der Waals surface area contributed by atoms with Crippen LogP contribution >= 0.6 is 0 Å². The lowest BCUT2D eigenvalue weighted by Gasteiger charge is -2.09. The third kappa shape index (κ3) is 10.6. The van der Waals surface area contributed by atoms with E-state index < -0.39 is 26.0 Å². The zero-order valence-corrected chi connectivity index (χ0v) is 38.1. The summed E-state index contributed by atoms with van der Waals surface area (Å²) in [5, 5.41) is 30.4. The van der Waals surface area contributed by atoms with Crippen molar-refractivity contribution in [3.8, 4) is 11.4 Å². The van der Waals surface area contributed by atoms with Crippen molar-refractivity contribution in [3.05, 3.63) is 156 Å². The fourth-order valence-corrected chi connectivity index (χ4v) is 8.34. The lowest BCUT2D eigenvalue weighted by molar-refractivity contribution is 0.397. The summed E-state index contributed by atoms with van der Waals surface area (Å²) in [6, 6.07) is 41.4. The second kappa shape index (κ2) is 20.5. The van der Waals surface area contributed by atoms with E-state index in [1.54, 1.807) is 61.3 Å². The number of aryl methyl sites for hydroxylation is 1. The summed E-state index contributed by atoms with van der Waals surface area (Å²) in [5.41, 5.74) is 7.25. The first-order valence-electron chi connectivity index (χ1n) is 20.5. The van der Waals surface area contributed by atoms with Crippen LogP contribution in [0.4, 0.5) is 5.69 Å². The van der Waals surface area contributed by atoms with Crippen molar-refractivity contribution in [2.75, 3.05) is 14.2 Å². The molecule has 7 aromatic carbocycles. The SMILES string of the molecule is CC.CC.CN=Nc1ccc(-n2nc3ccc4ccccc4c3n2)cc1.COS(=O)(=O)c1cc(C)ccc1C=Cc1ccc(-n2nc3ccc4ccccc4c3n2)cc1CS(=O)(=O)O. The Balaban J connectivity index is 0.000000221. The van der Waals surface area contributed by atoms with Crippen LogP contribution in [0, 0.1) is 6.92 Å². The quantitative estimate of drug-likeness (QED) is 0.0633. The maximum Gasteiger partial charge on any atom is 0.297 e. The molecule has 328 valence electrons. The molecule has 0 unspecified atom stereocenters. The zero-order chi connectivity index (χ0) is 46.0. The summed E-state index contributed by atoms with van der Waals surface area (Å²) in [7, 11) is -5.61. The Bertz CT molecular complexity index is 3360. The topological polar surface area (TPSA) is 184 Å². The molecule has 9 aromatic rings. The summed E-state index contributed by atoms with van der Waals surface area (Å²) < 4.78 is 62.8. The van der Waals surface area contributed by atoms with Gasteiger partial charge < -0.3 is 0 Å². The van der Waals surface area contributed by atoms with E-state index in [4.69, 9.17) is 0 Å². The van der Waals surface area contributed by atoms with E-state index in [9.17, 15) is 21.4 Å². The molecule has 0 saturated heterocycles. The average Bonchev–Trinajstić information content (AvgIpc) is 3.96. The minimum Gasteiger partial charge on any atom is -0.285 e. The standard InChI is InChI=1S/C27H23N3O6S2.C17H13N5.2C2H6/c1-18-7-8-21(26(15-18)38(34,35)36-2)10-9-19-11-13-23(16-22(19)17-37(31,32)33)30-28-25-14-12-20-5-3-4-6-24(20)27(25)29-30;1-18-19-13-7-9-14(10-8-13)22-20-16-11-6-12-4-2-3-5-15(12)17(16)21-22;2*1-2/h3-16H,17H2,1-2H3,(H,31,32,33);2-11H,1H3;2*1-2H3. The molecule has 0 bridgehead atoms. The van der Waals surface area contributed by atoms with Gasteiger partial charge in [0, 0.05) is 17.8 Å². The minimum atomic E-state index is -4.38. The largest absolute Gasteiger partial charge is 0.297 e. The van der Waals surface area contributed by atoms with Crippen molar-refractivity contribution in [1.82, 2.24) is 30.0 Å². The molecule has 9 rings (SSSR count). The van der Waals surface area contributed by atoms with E-state index in [-0.39, 0.29) is 10.5 Å². The molecule has 0 aliphatic heterocycles. The maximum atomic E-state index is 12.4. The third-order valence-electron chi connectivity index (χ3n) is 9.64. The Kier molecular flexibility index (Phi) is 14.9. The molecule has 1 N–H and O–H groups in total. The summed E-state index contributed by atoms with van der Waals surface area (Å²) in [6.07, 6.45) is 3.14. The maximum absolute atomic E-state index is 12.4. The van der Waals surface area contributed by atoms with Crippen molar-refractivity contribution in [3.63, 3.8) is 0 Å². The molecule has 2 aromatic heterocycles. The van der Waals surface area contributed by atoms with E-state index >= 15 is 0 Å². The molecular weight excluding hydrogens is 849 g/mol. The highest BCUT2D eigenvalue weighted by Gasteiger charge is 2.18. The van der Waals surface area contributed by atoms with Crippen LogP contribution in [0.1, 0.15) is 49.9 Å². The Hall–Kier alpha value is -6.98. The normalized spacial score (nSPS) is 11.7. The molecular formula is C48H48N8O6S2. The fourth-order valence-electron chi connectivity index (χ4n) is 6.76. The van der Waals surface area contributed by atoms with Crippen LogP contribution in [0.2, 0.25) is 0 Å². The second-order valence-corrected chi connectivity index (χ2v) is 16.8. The number of hydrogen-bond donors (Lipinski definition) is 1. The molecule has 16 heteroatoms. The van der Waals surface area contributed by atoms with Gasteiger partial charge in [-0.15, -0.1) is 20.4 Å². The van der Waals surface area contributed by atoms with Gasteiger partial charge in [-0.1, -0.05) is 119 Å². The van der Waals surface area contributed by atoms with Crippen LogP contribution in [-0.2, 0) is 30.2 Å². The van der Waals surface area contributed by atoms with Gasteiger partial charge in [0.1, 0.15) is 32.7 Å². The highest BCUT2D eigenvalue weighted by Crippen LogP contribution is 2.28. The number of azo groups is 1. The molecule has 0 aliphatic rings. The summed E-state index contributed by atoms with van der Waals surface area (Å²) in [4.78, 5) is 3.06. The van der Waals surface area contributed by atoms with E-state index in [1.165, 1.54) is 16.2 Å². The highest BCUT2D eigenvalue weighted by atomic mass is 32.2. The first-order valence-corrected chi connectivity index (χ1v) is 23.5. The van der Waals surface area contributed by atoms with Crippen LogP contribution in [0.5, 0.6) is 0 Å². The van der Waals surface area contributed by atoms with Gasteiger partial charge in [-0.05, 0) is 94.5 Å². The Morgan fingerprint density at radius 1 is 0.625 bits per heavy atom. The molecule has 2 heterocycles. The number of rotatable bonds is 9. The molecule has 0 aliphatic carbocycles. The average molecular weight is 897 g/mol. The van der Waals surface area contributed by atoms with Crippen molar-refractivity contribution >= 4 is 81.7 Å². The van der Waals surface area contributed by atoms with Gasteiger partial charge in [0.25, 0.3) is 20.2 Å². The summed E-state index contributed by atoms with van der Waals surface area (Å²) in [6.45, 7) is 9.76. The lowest BCUT2D eigenvalue weighted by atomic mass is 10.1.